The summed E-state index contributed by atoms with van der Waals surface area (Å²) >= 11 is 1.85. The van der Waals surface area contributed by atoms with E-state index in [1.165, 1.54) is 6.07 Å². The Kier molecular flexibility index (Phi) is 5.60. The third-order valence-corrected chi connectivity index (χ3v) is 5.16. The summed E-state index contributed by atoms with van der Waals surface area (Å²) in [5.41, 5.74) is 0.505. The molecule has 0 aliphatic heterocycles. The number of aryl methyl sites for hydroxylation is 1. The highest BCUT2D eigenvalue weighted by Gasteiger charge is 2.24. The van der Waals surface area contributed by atoms with Crippen molar-refractivity contribution in [3.8, 4) is 0 Å². The average molecular weight is 283 g/mol. The highest BCUT2D eigenvalue weighted by Crippen LogP contribution is 2.30. The fourth-order valence-corrected chi connectivity index (χ4v) is 2.75. The van der Waals surface area contributed by atoms with Gasteiger partial charge in [0.25, 0.3) is 5.69 Å². The number of hydrogen-bond donors (Lipinski definition) is 1. The second-order valence-corrected chi connectivity index (χ2v) is 5.78. The molecule has 0 spiro atoms. The molecule has 0 aliphatic carbocycles. The zero-order valence-electron chi connectivity index (χ0n) is 11.9. The molecule has 1 N–H and O–H groups in total. The number of pyridine rings is 1. The van der Waals surface area contributed by atoms with Crippen LogP contribution in [0.5, 0.6) is 0 Å². The molecule has 0 radical (unpaired) electrons. The molecule has 106 valence electrons. The van der Waals surface area contributed by atoms with Gasteiger partial charge in [-0.15, -0.1) is 0 Å². The number of nitro groups is 1. The predicted octanol–water partition coefficient (Wildman–Crippen LogP) is 3.63. The molecule has 0 unspecified atom stereocenters. The maximum atomic E-state index is 10.7. The Morgan fingerprint density at radius 1 is 1.42 bits per heavy atom. The minimum absolute atomic E-state index is 0.0627. The lowest BCUT2D eigenvalue weighted by molar-refractivity contribution is -0.385. The van der Waals surface area contributed by atoms with E-state index in [4.69, 9.17) is 0 Å². The molecule has 19 heavy (non-hydrogen) atoms. The Hall–Kier alpha value is -1.30. The minimum Gasteiger partial charge on any atom is -0.369 e. The fraction of sp³-hybridized carbons (Fsp3) is 0.615. The van der Waals surface area contributed by atoms with Gasteiger partial charge >= 0.3 is 0 Å². The molecule has 1 aromatic rings. The van der Waals surface area contributed by atoms with Crippen molar-refractivity contribution >= 4 is 23.3 Å². The van der Waals surface area contributed by atoms with E-state index in [0.717, 1.165) is 19.4 Å². The molecule has 6 heteroatoms. The van der Waals surface area contributed by atoms with Crippen molar-refractivity contribution in [1.82, 2.24) is 4.98 Å². The van der Waals surface area contributed by atoms with E-state index < -0.39 is 4.92 Å². The van der Waals surface area contributed by atoms with E-state index in [0.29, 0.717) is 11.5 Å². The molecule has 0 atom stereocenters. The number of anilines is 1. The van der Waals surface area contributed by atoms with Crippen LogP contribution in [0.4, 0.5) is 11.5 Å². The van der Waals surface area contributed by atoms with Crippen LogP contribution in [0.1, 0.15) is 32.4 Å². The number of hydrogen-bond acceptors (Lipinski definition) is 5. The zero-order valence-corrected chi connectivity index (χ0v) is 12.7. The molecule has 0 fully saturated rings. The molecule has 0 amide bonds. The number of nitrogens with zero attached hydrogens (tertiary/aromatic N) is 2. The van der Waals surface area contributed by atoms with Crippen LogP contribution in [0, 0.1) is 17.0 Å². The normalized spacial score (nSPS) is 11.4. The Labute approximate surface area is 118 Å². The van der Waals surface area contributed by atoms with Gasteiger partial charge in [-0.2, -0.15) is 11.8 Å². The van der Waals surface area contributed by atoms with E-state index in [2.05, 4.69) is 30.4 Å². The lowest BCUT2D eigenvalue weighted by Gasteiger charge is -2.30. The lowest BCUT2D eigenvalue weighted by atomic mass is 10.0. The quantitative estimate of drug-likeness (QED) is 0.611. The molecule has 0 saturated carbocycles. The van der Waals surface area contributed by atoms with Gasteiger partial charge in [0.05, 0.1) is 4.92 Å². The molecule has 1 aromatic heterocycles. The first-order chi connectivity index (χ1) is 8.98. The van der Waals surface area contributed by atoms with Gasteiger partial charge in [-0.25, -0.2) is 4.98 Å². The van der Waals surface area contributed by atoms with Crippen LogP contribution in [0.3, 0.4) is 0 Å². The first-order valence-corrected chi connectivity index (χ1v) is 7.61. The Morgan fingerprint density at radius 3 is 2.47 bits per heavy atom. The molecule has 0 aromatic carbocycles. The van der Waals surface area contributed by atoms with Crippen LogP contribution in [0.2, 0.25) is 0 Å². The largest absolute Gasteiger partial charge is 0.369 e. The third-order valence-electron chi connectivity index (χ3n) is 3.57. The SMILES string of the molecule is CCC(CC)(CNc1ccc([N+](=O)[O-])c(C)n1)SC. The molecule has 1 heterocycles. The van der Waals surface area contributed by atoms with Crippen molar-refractivity contribution in [2.75, 3.05) is 18.1 Å². The maximum absolute atomic E-state index is 10.7. The third kappa shape index (κ3) is 3.83. The van der Waals surface area contributed by atoms with Gasteiger partial charge in [0, 0.05) is 17.4 Å². The summed E-state index contributed by atoms with van der Waals surface area (Å²) in [6.45, 7) is 6.82. The Morgan fingerprint density at radius 2 is 2.05 bits per heavy atom. The molecular formula is C13H21N3O2S. The molecule has 1 rings (SSSR count). The summed E-state index contributed by atoms with van der Waals surface area (Å²) in [6, 6.07) is 3.17. The first kappa shape index (κ1) is 15.8. The topological polar surface area (TPSA) is 68.1 Å². The summed E-state index contributed by atoms with van der Waals surface area (Å²) in [5, 5.41) is 14.0. The van der Waals surface area contributed by atoms with Crippen LogP contribution in [-0.2, 0) is 0 Å². The Balaban J connectivity index is 2.78. The van der Waals surface area contributed by atoms with Gasteiger partial charge in [0.1, 0.15) is 11.5 Å². The monoisotopic (exact) mass is 283 g/mol. The molecular weight excluding hydrogens is 262 g/mol. The van der Waals surface area contributed by atoms with Crippen molar-refractivity contribution in [2.45, 2.75) is 38.4 Å². The van der Waals surface area contributed by atoms with Crippen molar-refractivity contribution in [3.05, 3.63) is 27.9 Å². The van der Waals surface area contributed by atoms with E-state index in [1.807, 2.05) is 11.8 Å². The molecule has 0 saturated heterocycles. The summed E-state index contributed by atoms with van der Waals surface area (Å²) in [6.07, 6.45) is 4.26. The minimum atomic E-state index is -0.406. The van der Waals surface area contributed by atoms with Gasteiger partial charge in [-0.1, -0.05) is 13.8 Å². The molecule has 0 bridgehead atoms. The summed E-state index contributed by atoms with van der Waals surface area (Å²) in [4.78, 5) is 14.6. The predicted molar refractivity (Wildman–Crippen MR) is 80.9 cm³/mol. The van der Waals surface area contributed by atoms with Crippen LogP contribution < -0.4 is 5.32 Å². The lowest BCUT2D eigenvalue weighted by Crippen LogP contribution is -2.32. The van der Waals surface area contributed by atoms with Crippen LogP contribution in [-0.4, -0.2) is 27.5 Å². The van der Waals surface area contributed by atoms with Crippen molar-refractivity contribution in [3.63, 3.8) is 0 Å². The van der Waals surface area contributed by atoms with Gasteiger partial charge in [-0.3, -0.25) is 10.1 Å². The second-order valence-electron chi connectivity index (χ2n) is 4.51. The zero-order chi connectivity index (χ0) is 14.5. The van der Waals surface area contributed by atoms with Crippen molar-refractivity contribution < 1.29 is 4.92 Å². The number of thioether (sulfide) groups is 1. The average Bonchev–Trinajstić information content (AvgIpc) is 2.40. The fourth-order valence-electron chi connectivity index (χ4n) is 1.96. The van der Waals surface area contributed by atoms with E-state index >= 15 is 0 Å². The summed E-state index contributed by atoms with van der Waals surface area (Å²) in [5.74, 6) is 0.698. The van der Waals surface area contributed by atoms with Crippen molar-refractivity contribution in [2.24, 2.45) is 0 Å². The number of nitrogens with one attached hydrogen (secondary N) is 1. The molecule has 5 nitrogen and oxygen atoms in total. The first-order valence-electron chi connectivity index (χ1n) is 6.39. The highest BCUT2D eigenvalue weighted by atomic mass is 32.2. The number of aromatic nitrogens is 1. The second kappa shape index (κ2) is 6.75. The number of rotatable bonds is 7. The standard InChI is InChI=1S/C13H21N3O2S/c1-5-13(6-2,19-4)9-14-12-8-7-11(16(17)18)10(3)15-12/h7-8H,5-6,9H2,1-4H3,(H,14,15). The van der Waals surface area contributed by atoms with Crippen molar-refractivity contribution in [1.29, 1.82) is 0 Å². The highest BCUT2D eigenvalue weighted by molar-refractivity contribution is 8.00. The summed E-state index contributed by atoms with van der Waals surface area (Å²) in [7, 11) is 0. The van der Waals surface area contributed by atoms with Gasteiger partial charge < -0.3 is 5.32 Å². The van der Waals surface area contributed by atoms with Crippen LogP contribution in [0.25, 0.3) is 0 Å². The molecule has 0 aliphatic rings. The Bertz CT molecular complexity index is 439. The van der Waals surface area contributed by atoms with E-state index in [1.54, 1.807) is 13.0 Å². The van der Waals surface area contributed by atoms with Gasteiger partial charge in [0.15, 0.2) is 0 Å². The van der Waals surface area contributed by atoms with E-state index in [9.17, 15) is 10.1 Å². The van der Waals surface area contributed by atoms with E-state index in [-0.39, 0.29) is 10.4 Å². The van der Waals surface area contributed by atoms with Crippen LogP contribution >= 0.6 is 11.8 Å². The smallest absolute Gasteiger partial charge is 0.290 e. The van der Waals surface area contributed by atoms with Gasteiger partial charge in [0.2, 0.25) is 0 Å². The maximum Gasteiger partial charge on any atom is 0.290 e. The van der Waals surface area contributed by atoms with Crippen LogP contribution in [0.15, 0.2) is 12.1 Å². The van der Waals surface area contributed by atoms with Gasteiger partial charge in [-0.05, 0) is 32.1 Å². The summed E-state index contributed by atoms with van der Waals surface area (Å²) < 4.78 is 0.192.